The highest BCUT2D eigenvalue weighted by Crippen LogP contribution is 2.20. The molecule has 0 bridgehead atoms. The highest BCUT2D eigenvalue weighted by Gasteiger charge is 2.23. The predicted octanol–water partition coefficient (Wildman–Crippen LogP) is 3.14. The van der Waals surface area contributed by atoms with Gasteiger partial charge < -0.3 is 9.15 Å². The quantitative estimate of drug-likeness (QED) is 0.796. The van der Waals surface area contributed by atoms with Crippen LogP contribution in [0.15, 0.2) is 47.1 Å². The monoisotopic (exact) mass is 307 g/mol. The van der Waals surface area contributed by atoms with Crippen LogP contribution in [0, 0.1) is 0 Å². The van der Waals surface area contributed by atoms with E-state index in [1.165, 1.54) is 17.2 Å². The van der Waals surface area contributed by atoms with Gasteiger partial charge in [0.2, 0.25) is 0 Å². The van der Waals surface area contributed by atoms with Crippen molar-refractivity contribution in [3.05, 3.63) is 53.4 Å². The van der Waals surface area contributed by atoms with Crippen molar-refractivity contribution in [3.8, 4) is 0 Å². The van der Waals surface area contributed by atoms with Gasteiger partial charge >= 0.3 is 5.97 Å². The maximum absolute atomic E-state index is 12.4. The number of hydrogen-bond donors (Lipinski definition) is 0. The number of amides is 1. The van der Waals surface area contributed by atoms with Crippen LogP contribution in [0.4, 0.5) is 5.69 Å². The van der Waals surface area contributed by atoms with Crippen molar-refractivity contribution < 1.29 is 18.7 Å². The number of nitrogens with zero attached hydrogens (tertiary/aromatic N) is 1. The third-order valence-electron chi connectivity index (χ3n) is 2.71. The lowest BCUT2D eigenvalue weighted by Crippen LogP contribution is -2.36. The van der Waals surface area contributed by atoms with Gasteiger partial charge in [-0.2, -0.15) is 0 Å². The summed E-state index contributed by atoms with van der Waals surface area (Å²) in [7, 11) is 0. The van der Waals surface area contributed by atoms with Crippen LogP contribution in [0.5, 0.6) is 0 Å². The predicted molar refractivity (Wildman–Crippen MR) is 78.5 cm³/mol. The average Bonchev–Trinajstić information content (AvgIpc) is 3.00. The molecule has 0 radical (unpaired) electrons. The molecule has 1 aromatic heterocycles. The Balaban J connectivity index is 2.27. The first-order valence-electron chi connectivity index (χ1n) is 6.38. The van der Waals surface area contributed by atoms with Crippen LogP contribution in [0.1, 0.15) is 17.5 Å². The normalized spacial score (nSPS) is 10.2. The molecule has 0 saturated heterocycles. The Morgan fingerprint density at radius 2 is 1.95 bits per heavy atom. The van der Waals surface area contributed by atoms with Gasteiger partial charge in [0.1, 0.15) is 6.54 Å². The summed E-state index contributed by atoms with van der Waals surface area (Å²) in [5.41, 5.74) is 0.536. The minimum atomic E-state index is -0.493. The second kappa shape index (κ2) is 6.95. The largest absolute Gasteiger partial charge is 0.465 e. The Bertz CT molecular complexity index is 607. The van der Waals surface area contributed by atoms with Gasteiger partial charge in [0.05, 0.1) is 12.9 Å². The molecule has 0 saturated carbocycles. The Kier molecular flexibility index (Phi) is 5.00. The van der Waals surface area contributed by atoms with Crippen molar-refractivity contribution in [1.29, 1.82) is 0 Å². The van der Waals surface area contributed by atoms with Crippen LogP contribution < -0.4 is 4.90 Å². The number of furan rings is 1. The zero-order valence-electron chi connectivity index (χ0n) is 11.4. The third-order valence-corrected chi connectivity index (χ3v) is 2.96. The fourth-order valence-electron chi connectivity index (χ4n) is 1.77. The average molecular weight is 308 g/mol. The highest BCUT2D eigenvalue weighted by atomic mass is 35.5. The maximum Gasteiger partial charge on any atom is 0.326 e. The van der Waals surface area contributed by atoms with Gasteiger partial charge in [-0.15, -0.1) is 0 Å². The smallest absolute Gasteiger partial charge is 0.326 e. The highest BCUT2D eigenvalue weighted by molar-refractivity contribution is 6.30. The van der Waals surface area contributed by atoms with Crippen LogP contribution in [0.25, 0.3) is 0 Å². The number of hydrogen-bond acceptors (Lipinski definition) is 4. The molecule has 0 aliphatic carbocycles. The summed E-state index contributed by atoms with van der Waals surface area (Å²) >= 11 is 5.84. The Morgan fingerprint density at radius 1 is 1.24 bits per heavy atom. The van der Waals surface area contributed by atoms with Crippen molar-refractivity contribution in [2.24, 2.45) is 0 Å². The summed E-state index contributed by atoms with van der Waals surface area (Å²) < 4.78 is 9.99. The Labute approximate surface area is 127 Å². The number of rotatable bonds is 5. The summed E-state index contributed by atoms with van der Waals surface area (Å²) in [6, 6.07) is 9.74. The van der Waals surface area contributed by atoms with E-state index in [1.54, 1.807) is 37.3 Å². The molecular weight excluding hydrogens is 294 g/mol. The maximum atomic E-state index is 12.4. The van der Waals surface area contributed by atoms with Crippen LogP contribution >= 0.6 is 11.6 Å². The fraction of sp³-hybridized carbons (Fsp3) is 0.200. The zero-order chi connectivity index (χ0) is 15.2. The number of esters is 1. The molecule has 0 aliphatic rings. The second-order valence-corrected chi connectivity index (χ2v) is 4.59. The molecule has 0 aliphatic heterocycles. The molecule has 1 aromatic carbocycles. The van der Waals surface area contributed by atoms with E-state index in [0.29, 0.717) is 10.7 Å². The van der Waals surface area contributed by atoms with Crippen LogP contribution in [-0.4, -0.2) is 25.0 Å². The van der Waals surface area contributed by atoms with Crippen molar-refractivity contribution in [1.82, 2.24) is 0 Å². The van der Waals surface area contributed by atoms with Crippen LogP contribution in [0.3, 0.4) is 0 Å². The molecule has 0 atom stereocenters. The van der Waals surface area contributed by atoms with E-state index < -0.39 is 11.9 Å². The third kappa shape index (κ3) is 3.86. The molecule has 2 rings (SSSR count). The number of benzene rings is 1. The van der Waals surface area contributed by atoms with Crippen LogP contribution in [0.2, 0.25) is 5.02 Å². The van der Waals surface area contributed by atoms with Gasteiger partial charge in [-0.3, -0.25) is 14.5 Å². The Hall–Kier alpha value is -2.27. The van der Waals surface area contributed by atoms with E-state index in [-0.39, 0.29) is 18.9 Å². The van der Waals surface area contributed by atoms with Crippen molar-refractivity contribution >= 4 is 29.2 Å². The van der Waals surface area contributed by atoms with Gasteiger partial charge in [0.25, 0.3) is 5.91 Å². The summed E-state index contributed by atoms with van der Waals surface area (Å²) in [6.07, 6.45) is 1.40. The van der Waals surface area contributed by atoms with Gasteiger partial charge in [0, 0.05) is 10.7 Å². The van der Waals surface area contributed by atoms with E-state index >= 15 is 0 Å². The molecule has 110 valence electrons. The standard InChI is InChI=1S/C15H14ClNO4/c1-2-20-14(18)10-17(12-7-5-11(16)6-8-12)15(19)13-4-3-9-21-13/h3-9H,2,10H2,1H3. The van der Waals surface area contributed by atoms with E-state index in [2.05, 4.69) is 0 Å². The molecule has 0 spiro atoms. The molecule has 1 heterocycles. The lowest BCUT2D eigenvalue weighted by molar-refractivity contribution is -0.141. The van der Waals surface area contributed by atoms with Crippen molar-refractivity contribution in [3.63, 3.8) is 0 Å². The first-order valence-corrected chi connectivity index (χ1v) is 6.76. The summed E-state index contributed by atoms with van der Waals surface area (Å²) in [4.78, 5) is 25.4. The summed E-state index contributed by atoms with van der Waals surface area (Å²) in [6.45, 7) is 1.76. The number of halogens is 1. The van der Waals surface area contributed by atoms with Gasteiger partial charge in [0.15, 0.2) is 5.76 Å². The second-order valence-electron chi connectivity index (χ2n) is 4.15. The van der Waals surface area contributed by atoms with Crippen LogP contribution in [-0.2, 0) is 9.53 Å². The van der Waals surface area contributed by atoms with E-state index in [4.69, 9.17) is 20.8 Å². The van der Waals surface area contributed by atoms with Crippen molar-refractivity contribution in [2.45, 2.75) is 6.92 Å². The number of ether oxygens (including phenoxy) is 1. The van der Waals surface area contributed by atoms with E-state index in [1.807, 2.05) is 0 Å². The summed E-state index contributed by atoms with van der Waals surface area (Å²) in [5, 5.41) is 0.542. The first-order chi connectivity index (χ1) is 10.1. The van der Waals surface area contributed by atoms with E-state index in [9.17, 15) is 9.59 Å². The van der Waals surface area contributed by atoms with Crippen molar-refractivity contribution in [2.75, 3.05) is 18.1 Å². The minimum absolute atomic E-state index is 0.147. The minimum Gasteiger partial charge on any atom is -0.465 e. The number of carbonyl (C=O) groups excluding carboxylic acids is 2. The molecule has 6 heteroatoms. The zero-order valence-corrected chi connectivity index (χ0v) is 12.2. The SMILES string of the molecule is CCOC(=O)CN(C(=O)c1ccco1)c1ccc(Cl)cc1. The molecule has 1 amide bonds. The number of anilines is 1. The fourth-order valence-corrected chi connectivity index (χ4v) is 1.90. The van der Waals surface area contributed by atoms with Gasteiger partial charge in [-0.1, -0.05) is 11.6 Å². The first kappa shape index (κ1) is 15.1. The molecule has 2 aromatic rings. The molecule has 21 heavy (non-hydrogen) atoms. The Morgan fingerprint density at radius 3 is 2.52 bits per heavy atom. The molecular formula is C15H14ClNO4. The topological polar surface area (TPSA) is 59.8 Å². The van der Waals surface area contributed by atoms with Gasteiger partial charge in [-0.25, -0.2) is 0 Å². The van der Waals surface area contributed by atoms with Gasteiger partial charge in [-0.05, 0) is 43.3 Å². The molecule has 0 unspecified atom stereocenters. The summed E-state index contributed by atoms with van der Waals surface area (Å²) in [5.74, 6) is -0.767. The molecule has 5 nitrogen and oxygen atoms in total. The lowest BCUT2D eigenvalue weighted by Gasteiger charge is -2.20. The molecule has 0 fully saturated rings. The lowest BCUT2D eigenvalue weighted by atomic mass is 10.2. The molecule has 0 N–H and O–H groups in total. The van der Waals surface area contributed by atoms with E-state index in [0.717, 1.165) is 0 Å². The number of carbonyl (C=O) groups is 2.